The number of benzene rings is 1. The number of thiazole rings is 1. The summed E-state index contributed by atoms with van der Waals surface area (Å²) in [6, 6.07) is 7.77. The van der Waals surface area contributed by atoms with Crippen LogP contribution in [0, 0.1) is 6.92 Å². The molecule has 0 aliphatic carbocycles. The molecular weight excluding hydrogens is 304 g/mol. The highest BCUT2D eigenvalue weighted by Crippen LogP contribution is 2.17. The molecule has 21 heavy (non-hydrogen) atoms. The Morgan fingerprint density at radius 2 is 2.14 bits per heavy atom. The van der Waals surface area contributed by atoms with Crippen molar-refractivity contribution >= 4 is 28.8 Å². The minimum absolute atomic E-state index is 0.0917. The molecule has 5 heteroatoms. The molecule has 0 bridgehead atoms. The van der Waals surface area contributed by atoms with Crippen LogP contribution in [0.4, 0.5) is 0 Å². The molecule has 0 fully saturated rings. The van der Waals surface area contributed by atoms with Crippen molar-refractivity contribution in [1.29, 1.82) is 0 Å². The molecule has 2 rings (SSSR count). The molecule has 0 saturated heterocycles. The molecule has 2 aromatic rings. The van der Waals surface area contributed by atoms with Crippen molar-refractivity contribution in [1.82, 2.24) is 10.3 Å². The van der Waals surface area contributed by atoms with Gasteiger partial charge in [0.1, 0.15) is 0 Å². The van der Waals surface area contributed by atoms with Gasteiger partial charge < -0.3 is 5.32 Å². The smallest absolute Gasteiger partial charge is 0.220 e. The predicted molar refractivity (Wildman–Crippen MR) is 88.0 cm³/mol. The van der Waals surface area contributed by atoms with Crippen molar-refractivity contribution in [3.05, 3.63) is 50.9 Å². The average Bonchev–Trinajstić information content (AvgIpc) is 2.87. The third-order valence-corrected chi connectivity index (χ3v) is 4.37. The van der Waals surface area contributed by atoms with Crippen LogP contribution in [0.15, 0.2) is 29.6 Å². The number of aryl methyl sites for hydroxylation is 2. The fourth-order valence-corrected chi connectivity index (χ4v) is 2.96. The van der Waals surface area contributed by atoms with Gasteiger partial charge in [0.15, 0.2) is 0 Å². The molecule has 0 aliphatic rings. The van der Waals surface area contributed by atoms with Gasteiger partial charge in [0, 0.05) is 29.8 Å². The molecule has 0 atom stereocenters. The number of aromatic nitrogens is 1. The summed E-state index contributed by atoms with van der Waals surface area (Å²) in [5, 5.41) is 6.82. The highest BCUT2D eigenvalue weighted by atomic mass is 35.5. The molecule has 3 nitrogen and oxygen atoms in total. The zero-order valence-electron chi connectivity index (χ0n) is 12.1. The van der Waals surface area contributed by atoms with Crippen LogP contribution in [-0.4, -0.2) is 17.4 Å². The van der Waals surface area contributed by atoms with Gasteiger partial charge in [0.25, 0.3) is 0 Å². The monoisotopic (exact) mass is 322 g/mol. The first-order chi connectivity index (χ1) is 10.1. The lowest BCUT2D eigenvalue weighted by Gasteiger charge is -2.05. The number of carbonyl (C=O) groups is 1. The summed E-state index contributed by atoms with van der Waals surface area (Å²) in [4.78, 5) is 16.1. The van der Waals surface area contributed by atoms with E-state index in [0.717, 1.165) is 40.6 Å². The van der Waals surface area contributed by atoms with E-state index in [1.807, 2.05) is 36.6 Å². The summed E-state index contributed by atoms with van der Waals surface area (Å²) in [6.45, 7) is 2.63. The minimum atomic E-state index is 0.0917. The zero-order valence-corrected chi connectivity index (χ0v) is 13.6. The summed E-state index contributed by atoms with van der Waals surface area (Å²) < 4.78 is 0. The molecule has 0 spiro atoms. The Morgan fingerprint density at radius 3 is 2.86 bits per heavy atom. The topological polar surface area (TPSA) is 42.0 Å². The molecule has 1 aromatic carbocycles. The number of hydrogen-bond acceptors (Lipinski definition) is 3. The first kappa shape index (κ1) is 16.0. The van der Waals surface area contributed by atoms with Crippen LogP contribution in [0.5, 0.6) is 0 Å². The SMILES string of the molecule is Cc1nc(CCNC(=O)CCCc2ccccc2Cl)cs1. The number of halogens is 1. The van der Waals surface area contributed by atoms with Gasteiger partial charge in [0.05, 0.1) is 10.7 Å². The summed E-state index contributed by atoms with van der Waals surface area (Å²) in [7, 11) is 0. The molecule has 0 aliphatic heterocycles. The summed E-state index contributed by atoms with van der Waals surface area (Å²) in [5.41, 5.74) is 2.15. The first-order valence-electron chi connectivity index (χ1n) is 7.06. The van der Waals surface area contributed by atoms with Crippen molar-refractivity contribution in [3.63, 3.8) is 0 Å². The maximum atomic E-state index is 11.8. The number of nitrogens with one attached hydrogen (secondary N) is 1. The van der Waals surface area contributed by atoms with Gasteiger partial charge in [-0.2, -0.15) is 0 Å². The lowest BCUT2D eigenvalue weighted by molar-refractivity contribution is -0.121. The van der Waals surface area contributed by atoms with Crippen molar-refractivity contribution in [2.75, 3.05) is 6.54 Å². The summed E-state index contributed by atoms with van der Waals surface area (Å²) in [5.74, 6) is 0.0917. The second kappa shape index (κ2) is 8.15. The number of rotatable bonds is 7. The number of hydrogen-bond donors (Lipinski definition) is 1. The lowest BCUT2D eigenvalue weighted by Crippen LogP contribution is -2.25. The van der Waals surface area contributed by atoms with Gasteiger partial charge in [-0.1, -0.05) is 29.8 Å². The molecule has 0 saturated carbocycles. The number of amides is 1. The molecule has 0 unspecified atom stereocenters. The van der Waals surface area contributed by atoms with Gasteiger partial charge in [-0.05, 0) is 31.4 Å². The quantitative estimate of drug-likeness (QED) is 0.842. The Morgan fingerprint density at radius 1 is 1.33 bits per heavy atom. The normalized spacial score (nSPS) is 10.6. The van der Waals surface area contributed by atoms with E-state index in [9.17, 15) is 4.79 Å². The van der Waals surface area contributed by atoms with Crippen LogP contribution in [0.1, 0.15) is 29.1 Å². The Bertz CT molecular complexity index is 597. The Hall–Kier alpha value is -1.39. The van der Waals surface area contributed by atoms with Gasteiger partial charge in [-0.15, -0.1) is 11.3 Å². The van der Waals surface area contributed by atoms with Crippen LogP contribution in [0.25, 0.3) is 0 Å². The van der Waals surface area contributed by atoms with Crippen molar-refractivity contribution < 1.29 is 4.79 Å². The van der Waals surface area contributed by atoms with Crippen LogP contribution < -0.4 is 5.32 Å². The van der Waals surface area contributed by atoms with Crippen LogP contribution >= 0.6 is 22.9 Å². The van der Waals surface area contributed by atoms with E-state index >= 15 is 0 Å². The van der Waals surface area contributed by atoms with Gasteiger partial charge in [-0.3, -0.25) is 4.79 Å². The summed E-state index contributed by atoms with van der Waals surface area (Å²) in [6.07, 6.45) is 2.96. The minimum Gasteiger partial charge on any atom is -0.356 e. The first-order valence-corrected chi connectivity index (χ1v) is 8.32. The fourth-order valence-electron chi connectivity index (χ4n) is 2.08. The van der Waals surface area contributed by atoms with E-state index in [1.165, 1.54) is 0 Å². The second-order valence-corrected chi connectivity index (χ2v) is 6.37. The fraction of sp³-hybridized carbons (Fsp3) is 0.375. The highest BCUT2D eigenvalue weighted by Gasteiger charge is 2.04. The van der Waals surface area contributed by atoms with E-state index in [-0.39, 0.29) is 5.91 Å². The third kappa shape index (κ3) is 5.48. The molecule has 0 radical (unpaired) electrons. The van der Waals surface area contributed by atoms with E-state index in [0.29, 0.717) is 13.0 Å². The van der Waals surface area contributed by atoms with Crippen LogP contribution in [-0.2, 0) is 17.6 Å². The Kier molecular flexibility index (Phi) is 6.21. The van der Waals surface area contributed by atoms with E-state index in [4.69, 9.17) is 11.6 Å². The highest BCUT2D eigenvalue weighted by molar-refractivity contribution is 7.09. The zero-order chi connectivity index (χ0) is 15.1. The van der Waals surface area contributed by atoms with Gasteiger partial charge in [-0.25, -0.2) is 4.98 Å². The van der Waals surface area contributed by atoms with Crippen LogP contribution in [0.2, 0.25) is 5.02 Å². The van der Waals surface area contributed by atoms with Gasteiger partial charge >= 0.3 is 0 Å². The largest absolute Gasteiger partial charge is 0.356 e. The molecule has 1 N–H and O–H groups in total. The lowest BCUT2D eigenvalue weighted by atomic mass is 10.1. The van der Waals surface area contributed by atoms with Crippen molar-refractivity contribution in [3.8, 4) is 0 Å². The maximum absolute atomic E-state index is 11.8. The van der Waals surface area contributed by atoms with Gasteiger partial charge in [0.2, 0.25) is 5.91 Å². The maximum Gasteiger partial charge on any atom is 0.220 e. The molecule has 112 valence electrons. The van der Waals surface area contributed by atoms with Crippen molar-refractivity contribution in [2.24, 2.45) is 0 Å². The molecule has 1 aromatic heterocycles. The summed E-state index contributed by atoms with van der Waals surface area (Å²) >= 11 is 7.73. The molecule has 1 amide bonds. The molecular formula is C16H19ClN2OS. The Balaban J connectivity index is 1.63. The average molecular weight is 323 g/mol. The van der Waals surface area contributed by atoms with Crippen molar-refractivity contribution in [2.45, 2.75) is 32.6 Å². The standard InChI is InChI=1S/C16H19ClN2OS/c1-12-19-14(11-21-12)9-10-18-16(20)8-4-6-13-5-2-3-7-15(13)17/h2-3,5,7,11H,4,6,8-10H2,1H3,(H,18,20). The number of carbonyl (C=O) groups excluding carboxylic acids is 1. The third-order valence-electron chi connectivity index (χ3n) is 3.18. The van der Waals surface area contributed by atoms with E-state index in [1.54, 1.807) is 11.3 Å². The Labute approximate surface area is 134 Å². The molecule has 1 heterocycles. The van der Waals surface area contributed by atoms with Crippen LogP contribution in [0.3, 0.4) is 0 Å². The van der Waals surface area contributed by atoms with E-state index in [2.05, 4.69) is 10.3 Å². The number of nitrogens with zero attached hydrogens (tertiary/aromatic N) is 1. The van der Waals surface area contributed by atoms with E-state index < -0.39 is 0 Å². The predicted octanol–water partition coefficient (Wildman–Crippen LogP) is 3.79. The second-order valence-electron chi connectivity index (χ2n) is 4.90.